The van der Waals surface area contributed by atoms with E-state index in [1.807, 2.05) is 13.8 Å². The normalized spacial score (nSPS) is 12.0. The molecule has 2 aromatic rings. The predicted octanol–water partition coefficient (Wildman–Crippen LogP) is 3.10. The number of carbonyl (C=O) groups is 1. The molecule has 0 spiro atoms. The largest absolute Gasteiger partial charge is 0.324 e. The Morgan fingerprint density at radius 1 is 1.32 bits per heavy atom. The number of aromatic nitrogens is 2. The van der Waals surface area contributed by atoms with Crippen LogP contribution < -0.4 is 10.9 Å². The van der Waals surface area contributed by atoms with Gasteiger partial charge in [-0.05, 0) is 44.0 Å². The maximum absolute atomic E-state index is 12.5. The van der Waals surface area contributed by atoms with Crippen LogP contribution in [0, 0.1) is 13.8 Å². The zero-order chi connectivity index (χ0) is 16.3. The minimum atomic E-state index is -0.661. The van der Waals surface area contributed by atoms with Crippen LogP contribution in [0.2, 0.25) is 5.02 Å². The summed E-state index contributed by atoms with van der Waals surface area (Å²) in [6.45, 7) is 5.45. The standard InChI is InChI=1S/C16H18ClN3O2/c1-4-14(20-15(21)9-8-10(2)19-20)16(22)18-13-7-5-6-12(17)11(13)3/h5-9,14H,4H2,1-3H3,(H,18,22)/t14-/m0/s1. The van der Waals surface area contributed by atoms with Gasteiger partial charge in [0.2, 0.25) is 5.91 Å². The third-order valence-corrected chi connectivity index (χ3v) is 3.88. The van der Waals surface area contributed by atoms with Crippen molar-refractivity contribution < 1.29 is 4.79 Å². The average molecular weight is 320 g/mol. The van der Waals surface area contributed by atoms with Crippen LogP contribution in [0.4, 0.5) is 5.69 Å². The number of aryl methyl sites for hydroxylation is 1. The van der Waals surface area contributed by atoms with Gasteiger partial charge in [-0.2, -0.15) is 5.10 Å². The number of hydrogen-bond acceptors (Lipinski definition) is 3. The van der Waals surface area contributed by atoms with Crippen LogP contribution in [0.5, 0.6) is 0 Å². The number of halogens is 1. The zero-order valence-corrected chi connectivity index (χ0v) is 13.5. The molecule has 0 aliphatic rings. The van der Waals surface area contributed by atoms with Crippen molar-refractivity contribution in [3.05, 3.63) is 57.0 Å². The molecule has 116 valence electrons. The fraction of sp³-hybridized carbons (Fsp3) is 0.312. The smallest absolute Gasteiger partial charge is 0.267 e. The Morgan fingerprint density at radius 3 is 2.73 bits per heavy atom. The van der Waals surface area contributed by atoms with Gasteiger partial charge in [-0.1, -0.05) is 24.6 Å². The van der Waals surface area contributed by atoms with Gasteiger partial charge >= 0.3 is 0 Å². The Balaban J connectivity index is 2.32. The minimum Gasteiger partial charge on any atom is -0.324 e. The Bertz CT molecular complexity index is 755. The Labute approximate surface area is 133 Å². The molecule has 1 heterocycles. The molecule has 6 heteroatoms. The fourth-order valence-corrected chi connectivity index (χ4v) is 2.35. The Hall–Kier alpha value is -2.14. The number of nitrogens with zero attached hydrogens (tertiary/aromatic N) is 2. The maximum atomic E-state index is 12.5. The summed E-state index contributed by atoms with van der Waals surface area (Å²) < 4.78 is 1.23. The highest BCUT2D eigenvalue weighted by Crippen LogP contribution is 2.24. The molecule has 22 heavy (non-hydrogen) atoms. The highest BCUT2D eigenvalue weighted by atomic mass is 35.5. The molecule has 0 unspecified atom stereocenters. The van der Waals surface area contributed by atoms with Crippen LogP contribution in [-0.2, 0) is 4.79 Å². The lowest BCUT2D eigenvalue weighted by atomic mass is 10.1. The topological polar surface area (TPSA) is 64.0 Å². The Kier molecular flexibility index (Phi) is 4.98. The predicted molar refractivity (Wildman–Crippen MR) is 87.4 cm³/mol. The molecule has 2 rings (SSSR count). The van der Waals surface area contributed by atoms with Crippen LogP contribution in [0.3, 0.4) is 0 Å². The van der Waals surface area contributed by atoms with Gasteiger partial charge in [0.15, 0.2) is 0 Å². The maximum Gasteiger partial charge on any atom is 0.267 e. The van der Waals surface area contributed by atoms with Gasteiger partial charge < -0.3 is 5.32 Å². The number of nitrogens with one attached hydrogen (secondary N) is 1. The first kappa shape index (κ1) is 16.2. The first-order valence-electron chi connectivity index (χ1n) is 7.06. The van der Waals surface area contributed by atoms with E-state index in [9.17, 15) is 9.59 Å². The number of hydrogen-bond donors (Lipinski definition) is 1. The molecule has 1 aromatic carbocycles. The summed E-state index contributed by atoms with van der Waals surface area (Å²) >= 11 is 6.05. The molecule has 0 fully saturated rings. The molecule has 1 atom stereocenters. The van der Waals surface area contributed by atoms with Gasteiger partial charge in [-0.15, -0.1) is 0 Å². The molecule has 0 radical (unpaired) electrons. The molecule has 0 saturated heterocycles. The molecule has 0 saturated carbocycles. The van der Waals surface area contributed by atoms with Crippen molar-refractivity contribution in [1.29, 1.82) is 0 Å². The molecule has 0 bridgehead atoms. The van der Waals surface area contributed by atoms with E-state index in [0.29, 0.717) is 22.8 Å². The van der Waals surface area contributed by atoms with Crippen LogP contribution in [0.15, 0.2) is 35.1 Å². The van der Waals surface area contributed by atoms with Crippen molar-refractivity contribution in [3.63, 3.8) is 0 Å². The number of rotatable bonds is 4. The SMILES string of the molecule is CC[C@@H](C(=O)Nc1cccc(Cl)c1C)n1nc(C)ccc1=O. The molecule has 1 N–H and O–H groups in total. The second kappa shape index (κ2) is 6.75. The lowest BCUT2D eigenvalue weighted by Gasteiger charge is -2.18. The second-order valence-corrected chi connectivity index (χ2v) is 5.49. The van der Waals surface area contributed by atoms with Crippen molar-refractivity contribution >= 4 is 23.2 Å². The highest BCUT2D eigenvalue weighted by molar-refractivity contribution is 6.31. The van der Waals surface area contributed by atoms with Gasteiger partial charge in [0.25, 0.3) is 5.56 Å². The van der Waals surface area contributed by atoms with Crippen molar-refractivity contribution in [3.8, 4) is 0 Å². The van der Waals surface area contributed by atoms with Gasteiger partial charge in [0, 0.05) is 16.8 Å². The van der Waals surface area contributed by atoms with Gasteiger partial charge in [-0.25, -0.2) is 4.68 Å². The van der Waals surface area contributed by atoms with E-state index in [1.54, 1.807) is 31.2 Å². The summed E-state index contributed by atoms with van der Waals surface area (Å²) in [6.07, 6.45) is 0.460. The first-order valence-corrected chi connectivity index (χ1v) is 7.44. The van der Waals surface area contributed by atoms with E-state index >= 15 is 0 Å². The monoisotopic (exact) mass is 319 g/mol. The van der Waals surface area contributed by atoms with E-state index < -0.39 is 6.04 Å². The van der Waals surface area contributed by atoms with Crippen molar-refractivity contribution in [1.82, 2.24) is 9.78 Å². The minimum absolute atomic E-state index is 0.284. The zero-order valence-electron chi connectivity index (χ0n) is 12.8. The molecule has 0 aliphatic carbocycles. The summed E-state index contributed by atoms with van der Waals surface area (Å²) in [5, 5.41) is 7.57. The lowest BCUT2D eigenvalue weighted by Crippen LogP contribution is -2.34. The summed E-state index contributed by atoms with van der Waals surface area (Å²) in [7, 11) is 0. The van der Waals surface area contributed by atoms with Gasteiger partial charge in [0.05, 0.1) is 5.69 Å². The van der Waals surface area contributed by atoms with E-state index in [-0.39, 0.29) is 11.5 Å². The lowest BCUT2D eigenvalue weighted by molar-refractivity contribution is -0.119. The molecule has 0 aliphatic heterocycles. The fourth-order valence-electron chi connectivity index (χ4n) is 2.17. The Morgan fingerprint density at radius 2 is 2.05 bits per heavy atom. The number of carbonyl (C=O) groups excluding carboxylic acids is 1. The van der Waals surface area contributed by atoms with Crippen molar-refractivity contribution in [2.24, 2.45) is 0 Å². The quantitative estimate of drug-likeness (QED) is 0.941. The molecule has 5 nitrogen and oxygen atoms in total. The first-order chi connectivity index (χ1) is 10.4. The van der Waals surface area contributed by atoms with Crippen LogP contribution >= 0.6 is 11.6 Å². The van der Waals surface area contributed by atoms with Gasteiger partial charge in [-0.3, -0.25) is 9.59 Å². The summed E-state index contributed by atoms with van der Waals surface area (Å²) in [5.41, 5.74) is 1.81. The highest BCUT2D eigenvalue weighted by Gasteiger charge is 2.21. The molecule has 1 aromatic heterocycles. The van der Waals surface area contributed by atoms with Crippen LogP contribution in [-0.4, -0.2) is 15.7 Å². The number of anilines is 1. The second-order valence-electron chi connectivity index (χ2n) is 5.08. The van der Waals surface area contributed by atoms with E-state index in [0.717, 1.165) is 5.56 Å². The average Bonchev–Trinajstić information content (AvgIpc) is 2.48. The number of amides is 1. The number of benzene rings is 1. The van der Waals surface area contributed by atoms with Crippen molar-refractivity contribution in [2.75, 3.05) is 5.32 Å². The van der Waals surface area contributed by atoms with Crippen LogP contribution in [0.25, 0.3) is 0 Å². The molecular weight excluding hydrogens is 302 g/mol. The summed E-state index contributed by atoms with van der Waals surface area (Å²) in [4.78, 5) is 24.5. The summed E-state index contributed by atoms with van der Waals surface area (Å²) in [6, 6.07) is 7.69. The van der Waals surface area contributed by atoms with E-state index in [4.69, 9.17) is 11.6 Å². The summed E-state index contributed by atoms with van der Waals surface area (Å²) in [5.74, 6) is -0.284. The van der Waals surface area contributed by atoms with E-state index in [2.05, 4.69) is 10.4 Å². The third kappa shape index (κ3) is 3.36. The van der Waals surface area contributed by atoms with E-state index in [1.165, 1.54) is 10.7 Å². The molecular formula is C16H18ClN3O2. The molecule has 1 amide bonds. The van der Waals surface area contributed by atoms with Crippen molar-refractivity contribution in [2.45, 2.75) is 33.2 Å². The van der Waals surface area contributed by atoms with Crippen LogP contribution in [0.1, 0.15) is 30.6 Å². The third-order valence-electron chi connectivity index (χ3n) is 3.47. The van der Waals surface area contributed by atoms with Gasteiger partial charge in [0.1, 0.15) is 6.04 Å².